The van der Waals surface area contributed by atoms with Crippen LogP contribution in [-0.4, -0.2) is 14.1 Å². The first-order valence-corrected chi connectivity index (χ1v) is 7.03. The van der Waals surface area contributed by atoms with Crippen LogP contribution in [0.15, 0.2) is 0 Å². The number of halogens is 1. The van der Waals surface area contributed by atoms with Crippen LogP contribution in [0.3, 0.4) is 0 Å². The predicted octanol–water partition coefficient (Wildman–Crippen LogP) is 2.32. The lowest BCUT2D eigenvalue weighted by atomic mass is 10.6. The third kappa shape index (κ3) is 3.23. The van der Waals surface area contributed by atoms with E-state index < -0.39 is 7.55 Å². The smallest absolute Gasteiger partial charge is 0.226 e. The van der Waals surface area contributed by atoms with Crippen molar-refractivity contribution in [2.45, 2.75) is 32.9 Å². The second kappa shape index (κ2) is 3.59. The van der Waals surface area contributed by atoms with E-state index in [1.807, 2.05) is 0 Å². The van der Waals surface area contributed by atoms with Crippen LogP contribution in [0.25, 0.3) is 0 Å². The summed E-state index contributed by atoms with van der Waals surface area (Å²) in [5, 5.41) is 0. The second-order valence-corrected chi connectivity index (χ2v) is 8.78. The summed E-state index contributed by atoms with van der Waals surface area (Å²) < 4.78 is 0. The zero-order valence-corrected chi connectivity index (χ0v) is 8.42. The second-order valence-electron chi connectivity index (χ2n) is 2.76. The molecule has 0 aromatic carbocycles. The molecule has 0 saturated carbocycles. The van der Waals surface area contributed by atoms with E-state index in [2.05, 4.69) is 32.3 Å². The third-order valence-electron chi connectivity index (χ3n) is 1.61. The third-order valence-corrected chi connectivity index (χ3v) is 6.53. The summed E-state index contributed by atoms with van der Waals surface area (Å²) in [6, 6.07) is 0. The average Bonchev–Trinajstić information content (AvgIpc) is 1.65. The van der Waals surface area contributed by atoms with Gasteiger partial charge in [-0.15, -0.1) is 11.1 Å². The van der Waals surface area contributed by atoms with Crippen LogP contribution in [0.1, 0.15) is 20.8 Å². The summed E-state index contributed by atoms with van der Waals surface area (Å²) >= 11 is 6.20. The van der Waals surface area contributed by atoms with Crippen LogP contribution in [0, 0.1) is 0 Å². The Kier molecular flexibility index (Phi) is 3.78. The number of nitrogens with one attached hydrogen (secondary N) is 1. The highest BCUT2D eigenvalue weighted by molar-refractivity contribution is 7.18. The van der Waals surface area contributed by atoms with Gasteiger partial charge in [0.1, 0.15) is 0 Å². The predicted molar refractivity (Wildman–Crippen MR) is 46.2 cm³/mol. The maximum atomic E-state index is 6.20. The summed E-state index contributed by atoms with van der Waals surface area (Å²) in [6.45, 7) is 9.56. The highest BCUT2D eigenvalue weighted by atomic mass is 35.6. The molecule has 0 aromatic rings. The molecule has 0 fully saturated rings. The van der Waals surface area contributed by atoms with Crippen LogP contribution in [-0.2, 0) is 0 Å². The highest BCUT2D eigenvalue weighted by Crippen LogP contribution is 2.20. The summed E-state index contributed by atoms with van der Waals surface area (Å²) in [6.07, 6.45) is 0. The van der Waals surface area contributed by atoms with Gasteiger partial charge in [0, 0.05) is 0 Å². The summed E-state index contributed by atoms with van der Waals surface area (Å²) in [5.74, 6) is 0. The summed E-state index contributed by atoms with van der Waals surface area (Å²) in [5.41, 5.74) is 0.610. The van der Waals surface area contributed by atoms with Crippen molar-refractivity contribution in [2.24, 2.45) is 0 Å². The fourth-order valence-electron chi connectivity index (χ4n) is 0.550. The molecule has 3 heteroatoms. The number of hydrogen-bond donors (Lipinski definition) is 1. The first-order chi connectivity index (χ1) is 4.00. The monoisotopic (exact) mass is 165 g/mol. The van der Waals surface area contributed by atoms with Crippen LogP contribution in [0.2, 0.25) is 12.1 Å². The Morgan fingerprint density at radius 1 is 1.56 bits per heavy atom. The molecule has 0 rings (SSSR count). The number of rotatable bonds is 3. The molecule has 1 nitrogen and oxygen atoms in total. The fraction of sp³-hybridized carbons (Fsp3) is 1.00. The Bertz CT molecular complexity index is 83.1. The van der Waals surface area contributed by atoms with Crippen molar-refractivity contribution in [1.82, 2.24) is 4.98 Å². The Morgan fingerprint density at radius 3 is 2.11 bits per heavy atom. The molecule has 1 unspecified atom stereocenters. The summed E-state index contributed by atoms with van der Waals surface area (Å²) in [7, 11) is -1.56. The van der Waals surface area contributed by atoms with Crippen molar-refractivity contribution >= 4 is 18.6 Å². The van der Waals surface area contributed by atoms with Gasteiger partial charge in [-0.25, -0.2) is 0 Å². The van der Waals surface area contributed by atoms with Gasteiger partial charge in [-0.1, -0.05) is 20.8 Å². The van der Waals surface area contributed by atoms with Gasteiger partial charge in [-0.05, 0) is 18.6 Å². The molecule has 0 amide bonds. The molecule has 0 heterocycles. The van der Waals surface area contributed by atoms with Crippen LogP contribution < -0.4 is 4.98 Å². The standard InChI is InChI=1S/C6H16ClNSi/c1-5-8-9(4,7)6(2)3/h6,8H,5H2,1-4H3. The molecule has 1 atom stereocenters. The lowest BCUT2D eigenvalue weighted by molar-refractivity contribution is 0.906. The number of hydrogen-bond acceptors (Lipinski definition) is 1. The molecule has 1 N–H and O–H groups in total. The maximum Gasteiger partial charge on any atom is 0.226 e. The van der Waals surface area contributed by atoms with Gasteiger partial charge in [-0.3, -0.25) is 0 Å². The minimum Gasteiger partial charge on any atom is -0.326 e. The van der Waals surface area contributed by atoms with E-state index in [0.717, 1.165) is 6.54 Å². The van der Waals surface area contributed by atoms with E-state index in [4.69, 9.17) is 11.1 Å². The van der Waals surface area contributed by atoms with Crippen molar-refractivity contribution < 1.29 is 0 Å². The largest absolute Gasteiger partial charge is 0.326 e. The first-order valence-electron chi connectivity index (χ1n) is 3.44. The van der Waals surface area contributed by atoms with Gasteiger partial charge in [-0.2, -0.15) is 0 Å². The normalized spacial score (nSPS) is 18.0. The summed E-state index contributed by atoms with van der Waals surface area (Å²) in [4.78, 5) is 3.33. The quantitative estimate of drug-likeness (QED) is 0.500. The molecule has 0 bridgehead atoms. The van der Waals surface area contributed by atoms with Gasteiger partial charge in [0.2, 0.25) is 7.55 Å². The van der Waals surface area contributed by atoms with Crippen molar-refractivity contribution in [1.29, 1.82) is 0 Å². The zero-order chi connectivity index (χ0) is 7.49. The topological polar surface area (TPSA) is 12.0 Å². The molecular formula is C6H16ClNSi. The molecule has 0 aromatic heterocycles. The lowest BCUT2D eigenvalue weighted by Gasteiger charge is -2.23. The molecule has 0 radical (unpaired) electrons. The Morgan fingerprint density at radius 2 is 2.00 bits per heavy atom. The molecule has 56 valence electrons. The van der Waals surface area contributed by atoms with Gasteiger partial charge in [0.05, 0.1) is 0 Å². The molecule has 0 aliphatic carbocycles. The lowest BCUT2D eigenvalue weighted by Crippen LogP contribution is -2.44. The fourth-order valence-corrected chi connectivity index (χ4v) is 2.05. The van der Waals surface area contributed by atoms with Crippen LogP contribution in [0.5, 0.6) is 0 Å². The van der Waals surface area contributed by atoms with Gasteiger partial charge in [0.15, 0.2) is 0 Å². The molecule has 0 aliphatic heterocycles. The molecular weight excluding hydrogens is 150 g/mol. The van der Waals surface area contributed by atoms with Gasteiger partial charge in [0.25, 0.3) is 0 Å². The first kappa shape index (κ1) is 9.47. The van der Waals surface area contributed by atoms with E-state index in [9.17, 15) is 0 Å². The Balaban J connectivity index is 3.70. The molecule has 9 heavy (non-hydrogen) atoms. The molecule has 0 spiro atoms. The zero-order valence-electron chi connectivity index (χ0n) is 6.66. The van der Waals surface area contributed by atoms with Crippen LogP contribution >= 0.6 is 11.1 Å². The van der Waals surface area contributed by atoms with E-state index in [1.165, 1.54) is 0 Å². The molecule has 0 aliphatic rings. The average molecular weight is 166 g/mol. The van der Waals surface area contributed by atoms with Crippen LogP contribution in [0.4, 0.5) is 0 Å². The van der Waals surface area contributed by atoms with Crippen molar-refractivity contribution in [3.63, 3.8) is 0 Å². The minimum absolute atomic E-state index is 0.610. The van der Waals surface area contributed by atoms with E-state index in [-0.39, 0.29) is 0 Å². The van der Waals surface area contributed by atoms with E-state index in [0.29, 0.717) is 5.54 Å². The van der Waals surface area contributed by atoms with Crippen molar-refractivity contribution in [3.05, 3.63) is 0 Å². The maximum absolute atomic E-state index is 6.20. The van der Waals surface area contributed by atoms with Gasteiger partial charge < -0.3 is 4.98 Å². The SMILES string of the molecule is CCN[Si](C)(Cl)C(C)C. The minimum atomic E-state index is -1.56. The highest BCUT2D eigenvalue weighted by Gasteiger charge is 2.27. The van der Waals surface area contributed by atoms with Gasteiger partial charge >= 0.3 is 0 Å². The van der Waals surface area contributed by atoms with E-state index >= 15 is 0 Å². The Hall–Kier alpha value is 0.467. The molecule has 0 saturated heterocycles. The van der Waals surface area contributed by atoms with Crippen molar-refractivity contribution in [2.75, 3.05) is 6.54 Å². The Labute approximate surface area is 63.6 Å². The van der Waals surface area contributed by atoms with Crippen molar-refractivity contribution in [3.8, 4) is 0 Å². The van der Waals surface area contributed by atoms with E-state index in [1.54, 1.807) is 0 Å².